The number of aromatic nitrogens is 5. The average molecular weight is 551 g/mol. The van der Waals surface area contributed by atoms with Crippen LogP contribution in [0.1, 0.15) is 42.9 Å². The fourth-order valence-corrected chi connectivity index (χ4v) is 5.44. The second kappa shape index (κ2) is 12.4. The van der Waals surface area contributed by atoms with Gasteiger partial charge in [-0.1, -0.05) is 11.6 Å². The Morgan fingerprint density at radius 1 is 0.875 bits per heavy atom. The maximum Gasteiger partial charge on any atom is 0.184 e. The number of fused-ring (bicyclic) bond motifs is 1. The van der Waals surface area contributed by atoms with Crippen molar-refractivity contribution in [3.63, 3.8) is 0 Å². The molecule has 1 fully saturated rings. The maximum atomic E-state index is 13.5. The molecule has 0 spiro atoms. The molecule has 2 heterocycles. The summed E-state index contributed by atoms with van der Waals surface area (Å²) in [6.45, 7) is 0.591. The van der Waals surface area contributed by atoms with Crippen molar-refractivity contribution in [1.29, 1.82) is 0 Å². The van der Waals surface area contributed by atoms with E-state index < -0.39 is 0 Å². The monoisotopic (exact) mass is 550 g/mol. The van der Waals surface area contributed by atoms with Crippen molar-refractivity contribution in [2.45, 2.75) is 44.8 Å². The van der Waals surface area contributed by atoms with Crippen molar-refractivity contribution in [3.8, 4) is 23.0 Å². The number of hydrogen-bond acceptors (Lipinski definition) is 9. The predicted octanol–water partition coefficient (Wildman–Crippen LogP) is 5.16. The second-order valence-electron chi connectivity index (χ2n) is 9.96. The molecule has 2 aromatic carbocycles. The lowest BCUT2D eigenvalue weighted by Gasteiger charge is -2.27. The topological polar surface area (TPSA) is 96.7 Å². The third-order valence-corrected chi connectivity index (χ3v) is 7.57. The van der Waals surface area contributed by atoms with E-state index in [4.69, 9.17) is 18.9 Å². The van der Waals surface area contributed by atoms with Gasteiger partial charge in [-0.15, -0.1) is 5.10 Å². The number of alkyl halides is 1. The van der Waals surface area contributed by atoms with Crippen molar-refractivity contribution >= 4 is 17.0 Å². The zero-order valence-corrected chi connectivity index (χ0v) is 23.3. The van der Waals surface area contributed by atoms with Gasteiger partial charge in [0.05, 0.1) is 41.2 Å². The lowest BCUT2D eigenvalue weighted by Crippen LogP contribution is -2.24. The Labute approximate surface area is 233 Å². The van der Waals surface area contributed by atoms with E-state index in [-0.39, 0.29) is 18.6 Å². The number of halogens is 1. The first-order chi connectivity index (χ1) is 19.6. The number of methoxy groups -OCH3 is 4. The van der Waals surface area contributed by atoms with Gasteiger partial charge >= 0.3 is 0 Å². The molecule has 0 bridgehead atoms. The average Bonchev–Trinajstić information content (AvgIpc) is 3.45. The Balaban J connectivity index is 1.57. The molecular weight excluding hydrogens is 515 g/mol. The van der Waals surface area contributed by atoms with Gasteiger partial charge in [-0.2, -0.15) is 0 Å². The highest BCUT2D eigenvalue weighted by atomic mass is 19.1. The number of hydrogen-bond donors (Lipinski definition) is 0. The first kappa shape index (κ1) is 27.4. The van der Waals surface area contributed by atoms with Gasteiger partial charge in [-0.3, -0.25) is 4.39 Å². The minimum atomic E-state index is -0.315. The molecule has 0 unspecified atom stereocenters. The van der Waals surface area contributed by atoms with Crippen LogP contribution in [0.4, 0.5) is 10.2 Å². The van der Waals surface area contributed by atoms with Crippen molar-refractivity contribution in [1.82, 2.24) is 25.0 Å². The highest BCUT2D eigenvalue weighted by molar-refractivity contribution is 5.82. The van der Waals surface area contributed by atoms with Crippen LogP contribution in [0.15, 0.2) is 42.7 Å². The largest absolute Gasteiger partial charge is 0.497 e. The fourth-order valence-electron chi connectivity index (χ4n) is 5.44. The third kappa shape index (κ3) is 5.59. The van der Waals surface area contributed by atoms with Crippen LogP contribution in [0.5, 0.6) is 23.0 Å². The standard InChI is InChI=1S/C29H35FN6O4/c1-37-23-10-8-20(25(13-23)39-3)16-35(17-21-9-11-24(38-2)14-26(21)40-4)28-27-29(32-18-31-28)36(34-33-27)22-7-5-6-19(12-22)15-30/h8-11,13-14,18-19,22H,5-7,12,15-17H2,1-4H3/t19-,22+/m1/s1. The second-order valence-corrected chi connectivity index (χ2v) is 9.96. The van der Waals surface area contributed by atoms with E-state index in [0.29, 0.717) is 53.1 Å². The predicted molar refractivity (Wildman–Crippen MR) is 149 cm³/mol. The lowest BCUT2D eigenvalue weighted by atomic mass is 9.86. The molecule has 1 saturated carbocycles. The Morgan fingerprint density at radius 2 is 1.52 bits per heavy atom. The van der Waals surface area contributed by atoms with Crippen LogP contribution in [-0.4, -0.2) is 60.1 Å². The van der Waals surface area contributed by atoms with E-state index >= 15 is 0 Å². The number of benzene rings is 2. The van der Waals surface area contributed by atoms with Gasteiger partial charge in [0.15, 0.2) is 17.0 Å². The summed E-state index contributed by atoms with van der Waals surface area (Å²) in [5.74, 6) is 3.47. The summed E-state index contributed by atoms with van der Waals surface area (Å²) < 4.78 is 37.5. The zero-order valence-electron chi connectivity index (χ0n) is 23.3. The molecule has 0 aliphatic heterocycles. The molecule has 1 aliphatic rings. The van der Waals surface area contributed by atoms with Crippen LogP contribution in [0.2, 0.25) is 0 Å². The van der Waals surface area contributed by atoms with E-state index in [9.17, 15) is 4.39 Å². The Kier molecular flexibility index (Phi) is 8.47. The molecule has 212 valence electrons. The van der Waals surface area contributed by atoms with Crippen LogP contribution in [-0.2, 0) is 13.1 Å². The molecule has 2 aromatic heterocycles. The number of rotatable bonds is 11. The molecule has 0 radical (unpaired) electrons. The van der Waals surface area contributed by atoms with Crippen molar-refractivity contribution in [2.75, 3.05) is 40.0 Å². The normalized spacial score (nSPS) is 17.0. The van der Waals surface area contributed by atoms with Crippen LogP contribution >= 0.6 is 0 Å². The summed E-state index contributed by atoms with van der Waals surface area (Å²) in [5.41, 5.74) is 3.11. The zero-order chi connectivity index (χ0) is 28.1. The van der Waals surface area contributed by atoms with Gasteiger partial charge in [0, 0.05) is 36.3 Å². The Hall–Kier alpha value is -4.15. The minimum Gasteiger partial charge on any atom is -0.497 e. The molecule has 0 N–H and O–H groups in total. The molecule has 2 atom stereocenters. The Morgan fingerprint density at radius 3 is 2.10 bits per heavy atom. The van der Waals surface area contributed by atoms with E-state index in [1.165, 1.54) is 6.33 Å². The van der Waals surface area contributed by atoms with Crippen molar-refractivity contribution in [2.24, 2.45) is 5.92 Å². The van der Waals surface area contributed by atoms with Gasteiger partial charge in [-0.25, -0.2) is 14.6 Å². The SMILES string of the molecule is COc1ccc(CN(Cc2ccc(OC)cc2OC)c2ncnc3c2nnn3[C@H]2CCC[C@@H](CF)C2)c(OC)c1. The number of ether oxygens (including phenoxy) is 4. The third-order valence-electron chi connectivity index (χ3n) is 7.57. The van der Waals surface area contributed by atoms with Crippen LogP contribution in [0.25, 0.3) is 11.2 Å². The van der Waals surface area contributed by atoms with E-state index in [1.54, 1.807) is 28.4 Å². The number of anilines is 1. The molecule has 5 rings (SSSR count). The maximum absolute atomic E-state index is 13.5. The van der Waals surface area contributed by atoms with Crippen LogP contribution in [0.3, 0.4) is 0 Å². The lowest BCUT2D eigenvalue weighted by molar-refractivity contribution is 0.216. The minimum absolute atomic E-state index is 0.0425. The Bertz CT molecular complexity index is 1390. The van der Waals surface area contributed by atoms with Gasteiger partial charge in [0.2, 0.25) is 0 Å². The van der Waals surface area contributed by atoms with Gasteiger partial charge < -0.3 is 23.8 Å². The van der Waals surface area contributed by atoms with Crippen LogP contribution < -0.4 is 23.8 Å². The van der Waals surface area contributed by atoms with E-state index in [1.807, 2.05) is 41.1 Å². The summed E-state index contributed by atoms with van der Waals surface area (Å²) in [5, 5.41) is 9.03. The quantitative estimate of drug-likeness (QED) is 0.251. The highest BCUT2D eigenvalue weighted by Gasteiger charge is 2.28. The van der Waals surface area contributed by atoms with Crippen molar-refractivity contribution < 1.29 is 23.3 Å². The van der Waals surface area contributed by atoms with Crippen LogP contribution in [0, 0.1) is 5.92 Å². The van der Waals surface area contributed by atoms with Gasteiger partial charge in [0.1, 0.15) is 29.3 Å². The molecule has 10 nitrogen and oxygen atoms in total. The first-order valence-corrected chi connectivity index (χ1v) is 13.4. The molecule has 0 amide bonds. The molecule has 40 heavy (non-hydrogen) atoms. The highest BCUT2D eigenvalue weighted by Crippen LogP contribution is 2.36. The van der Waals surface area contributed by atoms with E-state index in [0.717, 1.165) is 36.8 Å². The molecule has 11 heteroatoms. The first-order valence-electron chi connectivity index (χ1n) is 13.4. The van der Waals surface area contributed by atoms with E-state index in [2.05, 4.69) is 25.2 Å². The summed E-state index contributed by atoms with van der Waals surface area (Å²) in [6.07, 6.45) is 5.05. The fraction of sp³-hybridized carbons (Fsp3) is 0.448. The molecule has 1 aliphatic carbocycles. The summed E-state index contributed by atoms with van der Waals surface area (Å²) >= 11 is 0. The molecular formula is C29H35FN6O4. The van der Waals surface area contributed by atoms with Crippen molar-refractivity contribution in [3.05, 3.63) is 53.9 Å². The van der Waals surface area contributed by atoms with Gasteiger partial charge in [-0.05, 0) is 49.4 Å². The summed E-state index contributed by atoms with van der Waals surface area (Å²) in [7, 11) is 6.52. The molecule has 4 aromatic rings. The number of nitrogens with zero attached hydrogens (tertiary/aromatic N) is 6. The smallest absolute Gasteiger partial charge is 0.184 e. The molecule has 0 saturated heterocycles. The summed E-state index contributed by atoms with van der Waals surface area (Å²) in [4.78, 5) is 11.3. The summed E-state index contributed by atoms with van der Waals surface area (Å²) in [6, 6.07) is 11.5. The van der Waals surface area contributed by atoms with Gasteiger partial charge in [0.25, 0.3) is 0 Å².